The fourth-order valence-corrected chi connectivity index (χ4v) is 1.76. The van der Waals surface area contributed by atoms with Crippen LogP contribution in [-0.4, -0.2) is 5.78 Å². The highest BCUT2D eigenvalue weighted by Gasteiger charge is 2.12. The summed E-state index contributed by atoms with van der Waals surface area (Å²) in [6, 6.07) is 5.59. The maximum Gasteiger partial charge on any atom is 0.147 e. The van der Waals surface area contributed by atoms with Crippen molar-refractivity contribution in [1.82, 2.24) is 0 Å². The number of nitrogens with two attached hydrogens (primary N) is 1. The minimum absolute atomic E-state index is 0.0978. The molecule has 0 amide bonds. The predicted molar refractivity (Wildman–Crippen MR) is 65.9 cm³/mol. The number of rotatable bonds is 2. The lowest BCUT2D eigenvalue weighted by Crippen LogP contribution is -2.02. The molecule has 0 bridgehead atoms. The van der Waals surface area contributed by atoms with Gasteiger partial charge in [-0.15, -0.1) is 0 Å². The summed E-state index contributed by atoms with van der Waals surface area (Å²) in [6.45, 7) is 1.56. The van der Waals surface area contributed by atoms with Crippen molar-refractivity contribution >= 4 is 50.0 Å². The fourth-order valence-electron chi connectivity index (χ4n) is 0.936. The van der Waals surface area contributed by atoms with E-state index >= 15 is 0 Å². The number of ketones is 1. The summed E-state index contributed by atoms with van der Waals surface area (Å²) >= 11 is 5.46. The number of hydrogen-bond donors (Lipinski definition) is 1. The van der Waals surface area contributed by atoms with Crippen LogP contribution in [0.15, 0.2) is 18.2 Å². The van der Waals surface area contributed by atoms with Crippen LogP contribution in [0.1, 0.15) is 17.3 Å². The van der Waals surface area contributed by atoms with E-state index in [-0.39, 0.29) is 10.6 Å². The standard InChI is InChI=1S/C9H9BrINO/c1-5(13)9(10)6-2-3-8(12)7(11)4-6/h2-4,9H,12H2,1H3. The lowest BCUT2D eigenvalue weighted by atomic mass is 10.1. The SMILES string of the molecule is CC(=O)C(Br)c1ccc(N)c(I)c1. The molecule has 2 N–H and O–H groups in total. The molecule has 0 aliphatic heterocycles. The van der Waals surface area contributed by atoms with Crippen LogP contribution in [0.25, 0.3) is 0 Å². The topological polar surface area (TPSA) is 43.1 Å². The Bertz CT molecular complexity index is 340. The van der Waals surface area contributed by atoms with Gasteiger partial charge in [-0.3, -0.25) is 4.79 Å². The Morgan fingerprint density at radius 3 is 2.69 bits per heavy atom. The lowest BCUT2D eigenvalue weighted by molar-refractivity contribution is -0.116. The van der Waals surface area contributed by atoms with Crippen LogP contribution in [0.2, 0.25) is 0 Å². The second kappa shape index (κ2) is 4.41. The van der Waals surface area contributed by atoms with E-state index in [0.717, 1.165) is 14.8 Å². The van der Waals surface area contributed by atoms with E-state index in [1.807, 2.05) is 18.2 Å². The Hall–Kier alpha value is -0.100. The minimum Gasteiger partial charge on any atom is -0.398 e. The molecule has 0 radical (unpaired) electrons. The number of alkyl halides is 1. The molecule has 0 aliphatic rings. The van der Waals surface area contributed by atoms with Crippen LogP contribution in [0.3, 0.4) is 0 Å². The molecule has 0 saturated heterocycles. The second-order valence-electron chi connectivity index (χ2n) is 2.75. The Kier molecular flexibility index (Phi) is 3.73. The average Bonchev–Trinajstić information content (AvgIpc) is 2.08. The normalized spacial score (nSPS) is 12.5. The molecule has 0 aromatic heterocycles. The molecule has 0 saturated carbocycles. The van der Waals surface area contributed by atoms with Gasteiger partial charge in [0.2, 0.25) is 0 Å². The first-order chi connectivity index (χ1) is 6.02. The number of nitrogen functional groups attached to an aromatic ring is 1. The van der Waals surface area contributed by atoms with Crippen molar-refractivity contribution in [2.24, 2.45) is 0 Å². The average molecular weight is 354 g/mol. The van der Waals surface area contributed by atoms with Crippen LogP contribution >= 0.6 is 38.5 Å². The largest absolute Gasteiger partial charge is 0.398 e. The third kappa shape index (κ3) is 2.67. The zero-order valence-electron chi connectivity index (χ0n) is 7.05. The Balaban J connectivity index is 3.03. The summed E-state index contributed by atoms with van der Waals surface area (Å²) in [5, 5.41) is 0. The highest BCUT2D eigenvalue weighted by molar-refractivity contribution is 14.1. The summed E-state index contributed by atoms with van der Waals surface area (Å²) in [5.41, 5.74) is 7.35. The first-order valence-electron chi connectivity index (χ1n) is 3.72. The van der Waals surface area contributed by atoms with Crippen molar-refractivity contribution in [3.05, 3.63) is 27.3 Å². The van der Waals surface area contributed by atoms with Gasteiger partial charge in [-0.2, -0.15) is 0 Å². The smallest absolute Gasteiger partial charge is 0.147 e. The van der Waals surface area contributed by atoms with Crippen LogP contribution in [-0.2, 0) is 4.79 Å². The van der Waals surface area contributed by atoms with E-state index < -0.39 is 0 Å². The van der Waals surface area contributed by atoms with E-state index in [9.17, 15) is 4.79 Å². The lowest BCUT2D eigenvalue weighted by Gasteiger charge is -2.07. The number of halogens is 2. The molecule has 1 atom stereocenters. The van der Waals surface area contributed by atoms with Crippen LogP contribution in [0.4, 0.5) is 5.69 Å². The molecule has 0 aliphatic carbocycles. The number of anilines is 1. The van der Waals surface area contributed by atoms with Gasteiger partial charge in [0, 0.05) is 9.26 Å². The molecule has 1 rings (SSSR count). The zero-order valence-corrected chi connectivity index (χ0v) is 10.8. The van der Waals surface area contributed by atoms with E-state index in [4.69, 9.17) is 5.73 Å². The molecule has 0 heterocycles. The third-order valence-electron chi connectivity index (χ3n) is 1.67. The summed E-state index contributed by atoms with van der Waals surface area (Å²) in [4.78, 5) is 10.8. The molecular weight excluding hydrogens is 345 g/mol. The van der Waals surface area contributed by atoms with Gasteiger partial charge < -0.3 is 5.73 Å². The number of carbonyl (C=O) groups excluding carboxylic acids is 1. The minimum atomic E-state index is -0.221. The molecular formula is C9H9BrINO. The van der Waals surface area contributed by atoms with Crippen molar-refractivity contribution in [2.75, 3.05) is 5.73 Å². The predicted octanol–water partition coefficient (Wildman–Crippen LogP) is 2.90. The number of carbonyl (C=O) groups is 1. The highest BCUT2D eigenvalue weighted by Crippen LogP contribution is 2.27. The molecule has 1 unspecified atom stereocenters. The van der Waals surface area contributed by atoms with Crippen molar-refractivity contribution < 1.29 is 4.79 Å². The second-order valence-corrected chi connectivity index (χ2v) is 4.83. The van der Waals surface area contributed by atoms with E-state index in [2.05, 4.69) is 38.5 Å². The van der Waals surface area contributed by atoms with Crippen LogP contribution in [0, 0.1) is 3.57 Å². The first-order valence-corrected chi connectivity index (χ1v) is 5.71. The summed E-state index contributed by atoms with van der Waals surface area (Å²) in [6.07, 6.45) is 0. The number of Topliss-reactive ketones (excluding diaryl/α,β-unsaturated/α-hetero) is 1. The molecule has 70 valence electrons. The Morgan fingerprint density at radius 2 is 2.23 bits per heavy atom. The number of benzene rings is 1. The highest BCUT2D eigenvalue weighted by atomic mass is 127. The van der Waals surface area contributed by atoms with E-state index in [1.165, 1.54) is 0 Å². The molecule has 2 nitrogen and oxygen atoms in total. The van der Waals surface area contributed by atoms with Crippen molar-refractivity contribution in [2.45, 2.75) is 11.8 Å². The fraction of sp³-hybridized carbons (Fsp3) is 0.222. The van der Waals surface area contributed by atoms with E-state index in [0.29, 0.717) is 0 Å². The quantitative estimate of drug-likeness (QED) is 0.504. The van der Waals surface area contributed by atoms with E-state index in [1.54, 1.807) is 6.92 Å². The molecule has 13 heavy (non-hydrogen) atoms. The van der Waals surface area contributed by atoms with Crippen molar-refractivity contribution in [3.63, 3.8) is 0 Å². The van der Waals surface area contributed by atoms with Crippen LogP contribution < -0.4 is 5.73 Å². The zero-order chi connectivity index (χ0) is 10.0. The van der Waals surface area contributed by atoms with Gasteiger partial charge in [0.25, 0.3) is 0 Å². The van der Waals surface area contributed by atoms with Gasteiger partial charge >= 0.3 is 0 Å². The van der Waals surface area contributed by atoms with Gasteiger partial charge in [0.05, 0.1) is 4.83 Å². The summed E-state index contributed by atoms with van der Waals surface area (Å²) in [5.74, 6) is 0.0978. The van der Waals surface area contributed by atoms with Gasteiger partial charge in [-0.05, 0) is 47.2 Å². The molecule has 0 spiro atoms. The maximum absolute atomic E-state index is 11.1. The van der Waals surface area contributed by atoms with Crippen molar-refractivity contribution in [3.8, 4) is 0 Å². The van der Waals surface area contributed by atoms with Crippen molar-refractivity contribution in [1.29, 1.82) is 0 Å². The van der Waals surface area contributed by atoms with Crippen LogP contribution in [0.5, 0.6) is 0 Å². The maximum atomic E-state index is 11.1. The van der Waals surface area contributed by atoms with Gasteiger partial charge in [0.1, 0.15) is 5.78 Å². The van der Waals surface area contributed by atoms with Gasteiger partial charge in [-0.25, -0.2) is 0 Å². The molecule has 0 fully saturated rings. The summed E-state index contributed by atoms with van der Waals surface area (Å²) < 4.78 is 0.973. The molecule has 4 heteroatoms. The number of hydrogen-bond acceptors (Lipinski definition) is 2. The summed E-state index contributed by atoms with van der Waals surface area (Å²) in [7, 11) is 0. The first kappa shape index (κ1) is 11.0. The molecule has 1 aromatic carbocycles. The van der Waals surface area contributed by atoms with Gasteiger partial charge in [0.15, 0.2) is 0 Å². The van der Waals surface area contributed by atoms with Gasteiger partial charge in [-0.1, -0.05) is 22.0 Å². The third-order valence-corrected chi connectivity index (χ3v) is 3.78. The Morgan fingerprint density at radius 1 is 1.62 bits per heavy atom. The monoisotopic (exact) mass is 353 g/mol. The Labute approximate surface area is 99.2 Å². The molecule has 1 aromatic rings.